The molecule has 1 saturated heterocycles. The first-order valence-electron chi connectivity index (χ1n) is 9.86. The van der Waals surface area contributed by atoms with Crippen molar-refractivity contribution < 1.29 is 27.6 Å². The average molecular weight is 431 g/mol. The van der Waals surface area contributed by atoms with Crippen LogP contribution in [0.3, 0.4) is 0 Å². The highest BCUT2D eigenvalue weighted by atomic mass is 19.4. The molecule has 2 aromatic carbocycles. The first-order valence-corrected chi connectivity index (χ1v) is 9.86. The van der Waals surface area contributed by atoms with Crippen LogP contribution in [0.25, 0.3) is 0 Å². The molecule has 2 aliphatic rings. The van der Waals surface area contributed by atoms with Crippen LogP contribution in [0.2, 0.25) is 0 Å². The Kier molecular flexibility index (Phi) is 5.43. The van der Waals surface area contributed by atoms with Crippen LogP contribution in [0.15, 0.2) is 42.5 Å². The molecule has 2 aliphatic heterocycles. The van der Waals surface area contributed by atoms with E-state index in [1.165, 1.54) is 17.0 Å². The number of nitrogens with one attached hydrogen (secondary N) is 2. The third kappa shape index (κ3) is 4.70. The van der Waals surface area contributed by atoms with Gasteiger partial charge in [0.2, 0.25) is 17.7 Å². The standard InChI is InChI=1S/C22H20F3N3O3/c23-22(24,25)16-3-1-2-13(8-16)11-28-12-15(10-20(28)30)21(31)26-17-5-6-18-14(9-17)4-7-19(29)27-18/h1-3,5-6,8-9,15H,4,7,10-12H2,(H,26,31)(H,27,29). The van der Waals surface area contributed by atoms with Gasteiger partial charge in [0.15, 0.2) is 0 Å². The molecular weight excluding hydrogens is 411 g/mol. The van der Waals surface area contributed by atoms with E-state index < -0.39 is 17.7 Å². The molecule has 1 unspecified atom stereocenters. The molecule has 0 aliphatic carbocycles. The SMILES string of the molecule is O=C1CCc2cc(NC(=O)C3CC(=O)N(Cc4cccc(C(F)(F)F)c4)C3)ccc2N1. The summed E-state index contributed by atoms with van der Waals surface area (Å²) in [4.78, 5) is 37.8. The number of hydrogen-bond donors (Lipinski definition) is 2. The molecule has 3 amide bonds. The van der Waals surface area contributed by atoms with E-state index in [0.717, 1.165) is 23.4 Å². The number of likely N-dealkylation sites (tertiary alicyclic amines) is 1. The van der Waals surface area contributed by atoms with Crippen molar-refractivity contribution in [3.05, 3.63) is 59.2 Å². The first-order chi connectivity index (χ1) is 14.7. The van der Waals surface area contributed by atoms with Gasteiger partial charge in [-0.05, 0) is 47.9 Å². The summed E-state index contributed by atoms with van der Waals surface area (Å²) in [5, 5.41) is 5.57. The smallest absolute Gasteiger partial charge is 0.338 e. The fourth-order valence-electron chi connectivity index (χ4n) is 3.87. The van der Waals surface area contributed by atoms with Gasteiger partial charge in [-0.3, -0.25) is 14.4 Å². The molecule has 0 saturated carbocycles. The summed E-state index contributed by atoms with van der Waals surface area (Å²) in [6, 6.07) is 10.0. The van der Waals surface area contributed by atoms with Gasteiger partial charge in [-0.15, -0.1) is 0 Å². The predicted octanol–water partition coefficient (Wildman–Crippen LogP) is 3.58. The number of benzene rings is 2. The van der Waals surface area contributed by atoms with Crippen LogP contribution < -0.4 is 10.6 Å². The molecule has 0 radical (unpaired) electrons. The Bertz CT molecular complexity index is 1050. The van der Waals surface area contributed by atoms with Crippen LogP contribution in [0.4, 0.5) is 24.5 Å². The van der Waals surface area contributed by atoms with Gasteiger partial charge in [-0.25, -0.2) is 0 Å². The number of nitrogens with zero attached hydrogens (tertiary/aromatic N) is 1. The zero-order valence-corrected chi connectivity index (χ0v) is 16.5. The molecule has 1 fully saturated rings. The second-order valence-electron chi connectivity index (χ2n) is 7.78. The van der Waals surface area contributed by atoms with E-state index in [4.69, 9.17) is 0 Å². The zero-order chi connectivity index (χ0) is 22.2. The Morgan fingerprint density at radius 3 is 2.71 bits per heavy atom. The Morgan fingerprint density at radius 1 is 1.13 bits per heavy atom. The van der Waals surface area contributed by atoms with Gasteiger partial charge in [0.05, 0.1) is 11.5 Å². The van der Waals surface area contributed by atoms with Crippen molar-refractivity contribution in [1.82, 2.24) is 4.90 Å². The highest BCUT2D eigenvalue weighted by Gasteiger charge is 2.35. The molecule has 1 atom stereocenters. The fourth-order valence-corrected chi connectivity index (χ4v) is 3.87. The van der Waals surface area contributed by atoms with E-state index in [1.54, 1.807) is 18.2 Å². The molecule has 162 valence electrons. The summed E-state index contributed by atoms with van der Waals surface area (Å²) < 4.78 is 38.7. The molecule has 31 heavy (non-hydrogen) atoms. The van der Waals surface area contributed by atoms with Crippen molar-refractivity contribution in [2.75, 3.05) is 17.2 Å². The Labute approximate surface area is 176 Å². The number of carbonyl (C=O) groups is 3. The lowest BCUT2D eigenvalue weighted by Crippen LogP contribution is -2.28. The van der Waals surface area contributed by atoms with E-state index in [-0.39, 0.29) is 37.2 Å². The minimum Gasteiger partial charge on any atom is -0.338 e. The molecule has 2 aromatic rings. The highest BCUT2D eigenvalue weighted by molar-refractivity contribution is 5.98. The summed E-state index contributed by atoms with van der Waals surface area (Å²) in [5.74, 6) is -1.23. The maximum atomic E-state index is 12.9. The molecule has 2 N–H and O–H groups in total. The number of carbonyl (C=O) groups excluding carboxylic acids is 3. The third-order valence-corrected chi connectivity index (χ3v) is 5.48. The van der Waals surface area contributed by atoms with Crippen LogP contribution >= 0.6 is 0 Å². The van der Waals surface area contributed by atoms with Crippen LogP contribution in [0, 0.1) is 5.92 Å². The monoisotopic (exact) mass is 431 g/mol. The molecular formula is C22H20F3N3O3. The molecule has 0 spiro atoms. The second-order valence-corrected chi connectivity index (χ2v) is 7.78. The lowest BCUT2D eigenvalue weighted by molar-refractivity contribution is -0.137. The first kappa shape index (κ1) is 20.9. The van der Waals surface area contributed by atoms with Gasteiger partial charge in [0.25, 0.3) is 0 Å². The van der Waals surface area contributed by atoms with Gasteiger partial charge in [-0.1, -0.05) is 12.1 Å². The second kappa shape index (κ2) is 8.05. The summed E-state index contributed by atoms with van der Waals surface area (Å²) in [6.45, 7) is 0.160. The molecule has 0 aromatic heterocycles. The summed E-state index contributed by atoms with van der Waals surface area (Å²) in [6.07, 6.45) is -3.49. The summed E-state index contributed by atoms with van der Waals surface area (Å²) in [7, 11) is 0. The van der Waals surface area contributed by atoms with Gasteiger partial charge in [-0.2, -0.15) is 13.2 Å². The van der Waals surface area contributed by atoms with Crippen molar-refractivity contribution in [3.8, 4) is 0 Å². The molecule has 4 rings (SSSR count). The number of alkyl halides is 3. The van der Waals surface area contributed by atoms with E-state index in [9.17, 15) is 27.6 Å². The van der Waals surface area contributed by atoms with Gasteiger partial charge in [0.1, 0.15) is 0 Å². The number of aryl methyl sites for hydroxylation is 1. The fraction of sp³-hybridized carbons (Fsp3) is 0.318. The summed E-state index contributed by atoms with van der Waals surface area (Å²) >= 11 is 0. The number of anilines is 2. The maximum absolute atomic E-state index is 12.9. The minimum absolute atomic E-state index is 0.00575. The third-order valence-electron chi connectivity index (χ3n) is 5.48. The minimum atomic E-state index is -4.45. The number of amides is 3. The van der Waals surface area contributed by atoms with Crippen molar-refractivity contribution >= 4 is 29.1 Å². The van der Waals surface area contributed by atoms with Crippen LogP contribution in [-0.4, -0.2) is 29.2 Å². The van der Waals surface area contributed by atoms with Gasteiger partial charge >= 0.3 is 6.18 Å². The van der Waals surface area contributed by atoms with Crippen molar-refractivity contribution in [3.63, 3.8) is 0 Å². The quantitative estimate of drug-likeness (QED) is 0.777. The van der Waals surface area contributed by atoms with Crippen LogP contribution in [-0.2, 0) is 33.5 Å². The number of fused-ring (bicyclic) bond motifs is 1. The van der Waals surface area contributed by atoms with Crippen molar-refractivity contribution in [2.45, 2.75) is 32.0 Å². The molecule has 9 heteroatoms. The normalized spacial score (nSPS) is 18.5. The van der Waals surface area contributed by atoms with E-state index in [2.05, 4.69) is 10.6 Å². The number of halogens is 3. The topological polar surface area (TPSA) is 78.5 Å². The predicted molar refractivity (Wildman–Crippen MR) is 107 cm³/mol. The molecule has 2 heterocycles. The Balaban J connectivity index is 1.39. The van der Waals surface area contributed by atoms with Gasteiger partial charge in [0, 0.05) is 37.3 Å². The van der Waals surface area contributed by atoms with Crippen LogP contribution in [0.1, 0.15) is 29.5 Å². The lowest BCUT2D eigenvalue weighted by Gasteiger charge is -2.19. The average Bonchev–Trinajstić information content (AvgIpc) is 3.08. The van der Waals surface area contributed by atoms with Crippen LogP contribution in [0.5, 0.6) is 0 Å². The zero-order valence-electron chi connectivity index (χ0n) is 16.5. The maximum Gasteiger partial charge on any atom is 0.416 e. The molecule has 6 nitrogen and oxygen atoms in total. The van der Waals surface area contributed by atoms with E-state index >= 15 is 0 Å². The van der Waals surface area contributed by atoms with E-state index in [1.807, 2.05) is 0 Å². The van der Waals surface area contributed by atoms with Crippen molar-refractivity contribution in [2.24, 2.45) is 5.92 Å². The molecule has 0 bridgehead atoms. The van der Waals surface area contributed by atoms with Gasteiger partial charge < -0.3 is 15.5 Å². The lowest BCUT2D eigenvalue weighted by atomic mass is 10.0. The number of hydrogen-bond acceptors (Lipinski definition) is 3. The van der Waals surface area contributed by atoms with E-state index in [0.29, 0.717) is 24.1 Å². The summed E-state index contributed by atoms with van der Waals surface area (Å²) in [5.41, 5.74) is 1.81. The Hall–Kier alpha value is -3.36. The highest BCUT2D eigenvalue weighted by Crippen LogP contribution is 2.31. The Morgan fingerprint density at radius 2 is 1.94 bits per heavy atom. The largest absolute Gasteiger partial charge is 0.416 e. The number of rotatable bonds is 4. The van der Waals surface area contributed by atoms with Crippen molar-refractivity contribution in [1.29, 1.82) is 0 Å².